The van der Waals surface area contributed by atoms with Crippen molar-refractivity contribution in [3.8, 4) is 22.9 Å². The predicted octanol–water partition coefficient (Wildman–Crippen LogP) is 2.20. The molecule has 0 spiro atoms. The monoisotopic (exact) mass is 414 g/mol. The molecule has 9 heteroatoms. The number of thiophene rings is 1. The van der Waals surface area contributed by atoms with Gasteiger partial charge in [0.15, 0.2) is 17.3 Å². The summed E-state index contributed by atoms with van der Waals surface area (Å²) in [6.45, 7) is 0.569. The number of aromatic nitrogens is 3. The van der Waals surface area contributed by atoms with Crippen LogP contribution in [0.3, 0.4) is 0 Å². The molecule has 152 valence electrons. The van der Waals surface area contributed by atoms with Crippen molar-refractivity contribution in [2.75, 3.05) is 20.8 Å². The van der Waals surface area contributed by atoms with E-state index in [1.54, 1.807) is 36.6 Å². The van der Waals surface area contributed by atoms with Crippen LogP contribution in [0.25, 0.3) is 11.4 Å². The van der Waals surface area contributed by atoms with Crippen LogP contribution < -0.4 is 20.3 Å². The first kappa shape index (κ1) is 20.5. The number of aryl methyl sites for hydroxylation is 1. The van der Waals surface area contributed by atoms with E-state index < -0.39 is 0 Å². The van der Waals surface area contributed by atoms with Crippen LogP contribution in [0.4, 0.5) is 0 Å². The second kappa shape index (κ2) is 9.83. The van der Waals surface area contributed by atoms with Gasteiger partial charge in [0.1, 0.15) is 5.69 Å². The van der Waals surface area contributed by atoms with Crippen molar-refractivity contribution < 1.29 is 14.3 Å². The quantitative estimate of drug-likeness (QED) is 0.556. The number of carbonyl (C=O) groups excluding carboxylic acids is 1. The molecule has 0 saturated heterocycles. The largest absolute Gasteiger partial charge is 0.493 e. The van der Waals surface area contributed by atoms with Gasteiger partial charge in [0.05, 0.1) is 14.2 Å². The van der Waals surface area contributed by atoms with Crippen molar-refractivity contribution in [2.24, 2.45) is 0 Å². The van der Waals surface area contributed by atoms with Crippen LogP contribution in [0, 0.1) is 0 Å². The van der Waals surface area contributed by atoms with Crippen LogP contribution in [0.5, 0.6) is 11.5 Å². The minimum atomic E-state index is -0.365. The molecule has 29 heavy (non-hydrogen) atoms. The van der Waals surface area contributed by atoms with Crippen LogP contribution >= 0.6 is 11.3 Å². The van der Waals surface area contributed by atoms with Gasteiger partial charge in [-0.25, -0.2) is 0 Å². The number of ether oxygens (including phenoxy) is 2. The first-order chi connectivity index (χ1) is 14.1. The second-order valence-corrected chi connectivity index (χ2v) is 7.23. The number of benzene rings is 1. The van der Waals surface area contributed by atoms with E-state index in [0.29, 0.717) is 29.4 Å². The predicted molar refractivity (Wildman–Crippen MR) is 111 cm³/mol. The molecular formula is C20H22N4O4S. The summed E-state index contributed by atoms with van der Waals surface area (Å²) in [7, 11) is 3.08. The zero-order valence-electron chi connectivity index (χ0n) is 16.2. The zero-order valence-corrected chi connectivity index (χ0v) is 17.0. The highest BCUT2D eigenvalue weighted by Crippen LogP contribution is 2.30. The number of H-pyrrole nitrogens is 1. The fourth-order valence-corrected chi connectivity index (χ4v) is 3.45. The first-order valence-corrected chi connectivity index (χ1v) is 9.96. The second-order valence-electron chi connectivity index (χ2n) is 6.20. The molecule has 2 N–H and O–H groups in total. The number of nitrogens with one attached hydrogen (secondary N) is 2. The van der Waals surface area contributed by atoms with E-state index in [9.17, 15) is 9.59 Å². The smallest absolute Gasteiger partial charge is 0.273 e. The lowest BCUT2D eigenvalue weighted by Crippen LogP contribution is -2.27. The summed E-state index contributed by atoms with van der Waals surface area (Å²) in [5.74, 6) is 1.30. The number of amides is 1. The van der Waals surface area contributed by atoms with Gasteiger partial charge in [0.25, 0.3) is 5.56 Å². The van der Waals surface area contributed by atoms with E-state index in [1.165, 1.54) is 12.0 Å². The standard InChI is InChI=1S/C20H22N4O4S/c1-27-16-7-5-13(12-17(16)28-2)19-22-20(26)15(23-24-19)6-8-18(25)21-10-9-14-4-3-11-29-14/h3-5,7,11-12H,6,8-10H2,1-2H3,(H,21,25)(H,22,24,26). The van der Waals surface area contributed by atoms with Gasteiger partial charge in [0.2, 0.25) is 5.91 Å². The van der Waals surface area contributed by atoms with Crippen molar-refractivity contribution in [3.63, 3.8) is 0 Å². The van der Waals surface area contributed by atoms with Crippen LogP contribution in [0.1, 0.15) is 17.0 Å². The molecule has 0 aliphatic rings. The lowest BCUT2D eigenvalue weighted by Gasteiger charge is -2.09. The maximum atomic E-state index is 12.3. The summed E-state index contributed by atoms with van der Waals surface area (Å²) < 4.78 is 10.5. The number of hydrogen-bond donors (Lipinski definition) is 2. The molecule has 0 fully saturated rings. The molecule has 8 nitrogen and oxygen atoms in total. The van der Waals surface area contributed by atoms with E-state index in [-0.39, 0.29) is 30.0 Å². The SMILES string of the molecule is COc1ccc(-c2nnc(CCC(=O)NCCc3cccs3)c(=O)[nH]2)cc1OC. The topological polar surface area (TPSA) is 106 Å². The average Bonchev–Trinajstić information content (AvgIpc) is 3.25. The molecule has 2 aromatic heterocycles. The summed E-state index contributed by atoms with van der Waals surface area (Å²) in [6, 6.07) is 9.20. The molecule has 2 heterocycles. The van der Waals surface area contributed by atoms with Crippen LogP contribution in [0.2, 0.25) is 0 Å². The van der Waals surface area contributed by atoms with E-state index in [4.69, 9.17) is 9.47 Å². The Bertz CT molecular complexity index is 1020. The summed E-state index contributed by atoms with van der Waals surface area (Å²) in [5, 5.41) is 12.9. The van der Waals surface area contributed by atoms with Crippen molar-refractivity contribution >= 4 is 17.2 Å². The summed E-state index contributed by atoms with van der Waals surface area (Å²) in [5.41, 5.74) is 0.504. The molecule has 3 aromatic rings. The molecule has 0 aliphatic carbocycles. The third kappa shape index (κ3) is 5.41. The Labute approximate surface area is 171 Å². The third-order valence-corrected chi connectivity index (χ3v) is 5.22. The highest BCUT2D eigenvalue weighted by atomic mass is 32.1. The van der Waals surface area contributed by atoms with Crippen LogP contribution in [0.15, 0.2) is 40.5 Å². The third-order valence-electron chi connectivity index (χ3n) is 4.28. The Hall–Kier alpha value is -3.20. The van der Waals surface area contributed by atoms with Crippen molar-refractivity contribution in [3.05, 3.63) is 56.6 Å². The molecule has 0 bridgehead atoms. The molecule has 1 aromatic carbocycles. The number of methoxy groups -OCH3 is 2. The van der Waals surface area contributed by atoms with Gasteiger partial charge >= 0.3 is 0 Å². The first-order valence-electron chi connectivity index (χ1n) is 9.08. The van der Waals surface area contributed by atoms with E-state index >= 15 is 0 Å². The van der Waals surface area contributed by atoms with Gasteiger partial charge in [-0.15, -0.1) is 21.5 Å². The maximum absolute atomic E-state index is 12.3. The van der Waals surface area contributed by atoms with Gasteiger partial charge in [-0.1, -0.05) is 6.07 Å². The molecule has 0 atom stereocenters. The van der Waals surface area contributed by atoms with Gasteiger partial charge < -0.3 is 19.8 Å². The lowest BCUT2D eigenvalue weighted by atomic mass is 10.2. The molecular weight excluding hydrogens is 392 g/mol. The highest BCUT2D eigenvalue weighted by Gasteiger charge is 2.12. The summed E-state index contributed by atoms with van der Waals surface area (Å²) in [4.78, 5) is 28.2. The molecule has 0 saturated carbocycles. The number of rotatable bonds is 9. The van der Waals surface area contributed by atoms with Crippen molar-refractivity contribution in [1.82, 2.24) is 20.5 Å². The van der Waals surface area contributed by atoms with Gasteiger partial charge in [0, 0.05) is 29.8 Å². The molecule has 1 amide bonds. The Morgan fingerprint density at radius 3 is 2.66 bits per heavy atom. The molecule has 0 radical (unpaired) electrons. The maximum Gasteiger partial charge on any atom is 0.273 e. The fraction of sp³-hybridized carbons (Fsp3) is 0.300. The zero-order chi connectivity index (χ0) is 20.6. The Balaban J connectivity index is 1.58. The minimum absolute atomic E-state index is 0.119. The lowest BCUT2D eigenvalue weighted by molar-refractivity contribution is -0.121. The minimum Gasteiger partial charge on any atom is -0.493 e. The van der Waals surface area contributed by atoms with Gasteiger partial charge in [-0.2, -0.15) is 0 Å². The normalized spacial score (nSPS) is 10.6. The van der Waals surface area contributed by atoms with E-state index in [0.717, 1.165) is 6.42 Å². The Morgan fingerprint density at radius 1 is 1.14 bits per heavy atom. The number of carbonyl (C=O) groups is 1. The summed E-state index contributed by atoms with van der Waals surface area (Å²) >= 11 is 1.66. The molecule has 0 unspecified atom stereocenters. The van der Waals surface area contributed by atoms with Crippen LogP contribution in [-0.4, -0.2) is 41.9 Å². The van der Waals surface area contributed by atoms with Gasteiger partial charge in [-0.3, -0.25) is 9.59 Å². The van der Waals surface area contributed by atoms with Crippen LogP contribution in [-0.2, 0) is 17.6 Å². The Morgan fingerprint density at radius 2 is 1.97 bits per heavy atom. The van der Waals surface area contributed by atoms with Crippen molar-refractivity contribution in [2.45, 2.75) is 19.3 Å². The van der Waals surface area contributed by atoms with E-state index in [2.05, 4.69) is 20.5 Å². The number of aromatic amines is 1. The van der Waals surface area contributed by atoms with Gasteiger partial charge in [-0.05, 0) is 36.1 Å². The average molecular weight is 414 g/mol. The fourth-order valence-electron chi connectivity index (χ4n) is 2.74. The number of hydrogen-bond acceptors (Lipinski definition) is 7. The summed E-state index contributed by atoms with van der Waals surface area (Å²) in [6.07, 6.45) is 1.20. The van der Waals surface area contributed by atoms with Crippen molar-refractivity contribution in [1.29, 1.82) is 0 Å². The number of nitrogens with zero attached hydrogens (tertiary/aromatic N) is 2. The molecule has 3 rings (SSSR count). The molecule has 0 aliphatic heterocycles. The highest BCUT2D eigenvalue weighted by molar-refractivity contribution is 7.09. The van der Waals surface area contributed by atoms with E-state index in [1.807, 2.05) is 17.5 Å². The Kier molecular flexibility index (Phi) is 6.96.